The Hall–Kier alpha value is -5.57. The maximum atomic E-state index is 13.7. The van der Waals surface area contributed by atoms with E-state index in [2.05, 4.69) is 38.8 Å². The Morgan fingerprint density at radius 3 is 1.95 bits per heavy atom. The van der Waals surface area contributed by atoms with Crippen molar-refractivity contribution in [2.75, 3.05) is 20.2 Å². The molecule has 8 rings (SSSR count). The van der Waals surface area contributed by atoms with E-state index in [1.807, 2.05) is 61.8 Å². The van der Waals surface area contributed by atoms with Crippen LogP contribution in [0.5, 0.6) is 0 Å². The molecule has 4 N–H and O–H groups in total. The third-order valence-corrected chi connectivity index (χ3v) is 12.3. The number of carbonyl (C=O) groups excluding carboxylic acids is 4. The molecule has 6 heterocycles. The van der Waals surface area contributed by atoms with Crippen LogP contribution in [0.15, 0.2) is 42.5 Å². The number of nitrogens with one attached hydrogen (secondary N) is 4. The summed E-state index contributed by atoms with van der Waals surface area (Å²) in [6.45, 7) is 10.3. The van der Waals surface area contributed by atoms with Crippen molar-refractivity contribution in [3.8, 4) is 10.6 Å². The van der Waals surface area contributed by atoms with Crippen LogP contribution in [-0.4, -0.2) is 90.8 Å². The second kappa shape index (κ2) is 14.8. The van der Waals surface area contributed by atoms with Crippen LogP contribution in [-0.2, 0) is 19.1 Å². The summed E-state index contributed by atoms with van der Waals surface area (Å²) in [6, 6.07) is 12.6. The van der Waals surface area contributed by atoms with Gasteiger partial charge in [0.2, 0.25) is 17.7 Å². The number of pyridine rings is 1. The molecular weight excluding hydrogens is 731 g/mol. The first-order valence-electron chi connectivity index (χ1n) is 19.4. The fourth-order valence-corrected chi connectivity index (χ4v) is 9.42. The molecule has 2 aliphatic heterocycles. The predicted molar refractivity (Wildman–Crippen MR) is 216 cm³/mol. The minimum Gasteiger partial charge on any atom is -0.453 e. The van der Waals surface area contributed by atoms with Crippen molar-refractivity contribution >= 4 is 78.2 Å². The summed E-state index contributed by atoms with van der Waals surface area (Å²) in [5.41, 5.74) is 5.11. The Morgan fingerprint density at radius 2 is 1.34 bits per heavy atom. The van der Waals surface area contributed by atoms with Gasteiger partial charge in [0.05, 0.1) is 62.0 Å². The van der Waals surface area contributed by atoms with E-state index < -0.39 is 18.2 Å². The Labute approximate surface area is 327 Å². The second-order valence-corrected chi connectivity index (χ2v) is 16.7. The number of fused-ring (bicyclic) bond motifs is 6. The lowest BCUT2D eigenvalue weighted by Gasteiger charge is -2.30. The third-order valence-electron chi connectivity index (χ3n) is 11.1. The zero-order valence-electron chi connectivity index (χ0n) is 32.4. The Morgan fingerprint density at radius 1 is 0.768 bits per heavy atom. The van der Waals surface area contributed by atoms with E-state index in [0.29, 0.717) is 18.9 Å². The molecule has 0 bridgehead atoms. The van der Waals surface area contributed by atoms with E-state index >= 15 is 0 Å². The van der Waals surface area contributed by atoms with Crippen LogP contribution >= 0.6 is 11.3 Å². The number of benzene rings is 2. The minimum absolute atomic E-state index is 0.0406. The van der Waals surface area contributed by atoms with E-state index in [9.17, 15) is 19.2 Å². The van der Waals surface area contributed by atoms with Gasteiger partial charge < -0.3 is 35.1 Å². The lowest BCUT2D eigenvalue weighted by atomic mass is 10.0. The number of rotatable bonds is 9. The molecule has 4 amide bonds. The number of aromatic nitrogens is 5. The summed E-state index contributed by atoms with van der Waals surface area (Å²) in [6.07, 6.45) is 2.63. The molecule has 15 heteroatoms. The smallest absolute Gasteiger partial charge is 0.407 e. The average Bonchev–Trinajstić information content (AvgIpc) is 4.02. The summed E-state index contributed by atoms with van der Waals surface area (Å²) in [5, 5.41) is 7.57. The van der Waals surface area contributed by atoms with E-state index in [1.54, 1.807) is 11.3 Å². The van der Waals surface area contributed by atoms with Gasteiger partial charge in [0.1, 0.15) is 23.7 Å². The molecule has 292 valence electrons. The van der Waals surface area contributed by atoms with Gasteiger partial charge in [0.15, 0.2) is 0 Å². The Balaban J connectivity index is 1.07. The van der Waals surface area contributed by atoms with Crippen molar-refractivity contribution in [1.29, 1.82) is 0 Å². The summed E-state index contributed by atoms with van der Waals surface area (Å²) in [7, 11) is 1.29. The van der Waals surface area contributed by atoms with Gasteiger partial charge in [-0.2, -0.15) is 0 Å². The standard InChI is InChI=1S/C41H47N9O5S/c1-20(2)32(42-22(5)51)39(52)49-17-8-10-30(49)38-45-28-13-11-23-19-31(56-36(23)35(28)47-38)26-14-12-24-25(43-26)15-16-27-34(24)46-37(44-27)29-9-7-18-50(29)40(53)33(21(3)4)48-41(54)55-6/h11-16,19-21,29-30,32-33H,7-10,17-18H2,1-6H3,(H,42,51)(H,44,46)(H,45,47)(H,48,54)/t29-,30-,32-,33-/m0/s1. The van der Waals surface area contributed by atoms with E-state index in [0.717, 1.165) is 85.1 Å². The number of hydrogen-bond donors (Lipinski definition) is 4. The number of ether oxygens (including phenoxy) is 1. The lowest BCUT2D eigenvalue weighted by Crippen LogP contribution is -2.51. The fourth-order valence-electron chi connectivity index (χ4n) is 8.29. The first-order valence-corrected chi connectivity index (χ1v) is 20.2. The number of amides is 4. The maximum Gasteiger partial charge on any atom is 0.407 e. The number of methoxy groups -OCH3 is 1. The maximum absolute atomic E-state index is 13.7. The molecular formula is C41H47N9O5S. The topological polar surface area (TPSA) is 178 Å². The number of aromatic amines is 2. The van der Waals surface area contributed by atoms with Gasteiger partial charge >= 0.3 is 6.09 Å². The normalized spacial score (nSPS) is 18.5. The predicted octanol–water partition coefficient (Wildman–Crippen LogP) is 6.74. The highest BCUT2D eigenvalue weighted by molar-refractivity contribution is 7.23. The van der Waals surface area contributed by atoms with E-state index in [1.165, 1.54) is 14.0 Å². The van der Waals surface area contributed by atoms with Crippen LogP contribution in [0, 0.1) is 11.8 Å². The molecule has 0 unspecified atom stereocenters. The average molecular weight is 778 g/mol. The highest BCUT2D eigenvalue weighted by atomic mass is 32.1. The Bertz CT molecular complexity index is 2500. The number of carbonyl (C=O) groups is 4. The van der Waals surface area contributed by atoms with Gasteiger partial charge in [-0.1, -0.05) is 33.8 Å². The first kappa shape index (κ1) is 37.4. The molecule has 0 radical (unpaired) electrons. The fraction of sp³-hybridized carbons (Fsp3) is 0.439. The number of alkyl carbamates (subject to hydrolysis) is 1. The molecule has 2 aliphatic rings. The van der Waals surface area contributed by atoms with Gasteiger partial charge in [-0.25, -0.2) is 19.7 Å². The summed E-state index contributed by atoms with van der Waals surface area (Å²) >= 11 is 1.65. The van der Waals surface area contributed by atoms with Gasteiger partial charge in [-0.15, -0.1) is 11.3 Å². The molecule has 2 saturated heterocycles. The summed E-state index contributed by atoms with van der Waals surface area (Å²) < 4.78 is 5.85. The number of thiophene rings is 1. The number of nitrogens with zero attached hydrogens (tertiary/aromatic N) is 5. The van der Waals surface area contributed by atoms with E-state index in [4.69, 9.17) is 19.7 Å². The van der Waals surface area contributed by atoms with E-state index in [-0.39, 0.29) is 41.6 Å². The van der Waals surface area contributed by atoms with Crippen LogP contribution in [0.25, 0.3) is 53.6 Å². The van der Waals surface area contributed by atoms with Crippen molar-refractivity contribution in [1.82, 2.24) is 45.4 Å². The second-order valence-electron chi connectivity index (χ2n) is 15.6. The third kappa shape index (κ3) is 6.71. The van der Waals surface area contributed by atoms with Crippen molar-refractivity contribution in [2.45, 2.75) is 84.5 Å². The molecule has 14 nitrogen and oxygen atoms in total. The van der Waals surface area contributed by atoms with Gasteiger partial charge in [0, 0.05) is 25.4 Å². The highest BCUT2D eigenvalue weighted by Gasteiger charge is 2.39. The van der Waals surface area contributed by atoms with Crippen LogP contribution < -0.4 is 10.6 Å². The largest absolute Gasteiger partial charge is 0.453 e. The Kier molecular flexibility index (Phi) is 9.89. The molecule has 0 saturated carbocycles. The quantitative estimate of drug-likeness (QED) is 0.125. The van der Waals surface area contributed by atoms with Crippen LogP contribution in [0.3, 0.4) is 0 Å². The molecule has 56 heavy (non-hydrogen) atoms. The number of hydrogen-bond acceptors (Lipinski definition) is 9. The molecule has 0 aliphatic carbocycles. The number of likely N-dealkylation sites (tertiary alicyclic amines) is 2. The first-order chi connectivity index (χ1) is 26.9. The SMILES string of the molecule is COC(=O)N[C@H](C(=O)N1CCC[C@H]1c1nc2ccc3nc(-c4cc5ccc6nc([C@@H]7CCCN7C(=O)[C@@H](NC(C)=O)C(C)C)[nH]c6c5s4)ccc3c2[nH]1)C(C)C. The molecule has 4 atom stereocenters. The summed E-state index contributed by atoms with van der Waals surface area (Å²) in [4.78, 5) is 78.1. The molecule has 2 fully saturated rings. The zero-order valence-corrected chi connectivity index (χ0v) is 33.3. The minimum atomic E-state index is -0.704. The van der Waals surface area contributed by atoms with Crippen LogP contribution in [0.1, 0.15) is 84.0 Å². The van der Waals surface area contributed by atoms with Gasteiger partial charge in [-0.3, -0.25) is 14.4 Å². The highest BCUT2D eigenvalue weighted by Crippen LogP contribution is 2.40. The van der Waals surface area contributed by atoms with Crippen molar-refractivity contribution < 1.29 is 23.9 Å². The van der Waals surface area contributed by atoms with Crippen molar-refractivity contribution in [2.24, 2.45) is 11.8 Å². The molecule has 0 spiro atoms. The van der Waals surface area contributed by atoms with Gasteiger partial charge in [-0.05, 0) is 79.3 Å². The zero-order chi connectivity index (χ0) is 39.4. The molecule has 2 aromatic carbocycles. The number of H-pyrrole nitrogens is 2. The van der Waals surface area contributed by atoms with Gasteiger partial charge in [0.25, 0.3) is 0 Å². The summed E-state index contributed by atoms with van der Waals surface area (Å²) in [5.74, 6) is 0.874. The van der Waals surface area contributed by atoms with Crippen LogP contribution in [0.2, 0.25) is 0 Å². The molecule has 4 aromatic heterocycles. The van der Waals surface area contributed by atoms with Crippen molar-refractivity contribution in [3.05, 3.63) is 54.1 Å². The molecule has 6 aromatic rings. The lowest BCUT2D eigenvalue weighted by molar-refractivity contribution is -0.138. The van der Waals surface area contributed by atoms with Crippen LogP contribution in [0.4, 0.5) is 4.79 Å². The number of imidazole rings is 2. The van der Waals surface area contributed by atoms with Crippen molar-refractivity contribution in [3.63, 3.8) is 0 Å². The monoisotopic (exact) mass is 777 g/mol.